The zero-order chi connectivity index (χ0) is 15.1. The fourth-order valence-corrected chi connectivity index (χ4v) is 3.22. The molecule has 22 heavy (non-hydrogen) atoms. The van der Waals surface area contributed by atoms with Gasteiger partial charge < -0.3 is 9.47 Å². The number of Topliss-reactive ketones (excluding diaryl/α,β-unsaturated/α-hetero) is 1. The van der Waals surface area contributed by atoms with Crippen LogP contribution in [-0.4, -0.2) is 51.2 Å². The molecule has 0 aliphatic carbocycles. The Labute approximate surface area is 131 Å². The van der Waals surface area contributed by atoms with Crippen molar-refractivity contribution in [2.45, 2.75) is 29.8 Å². The van der Waals surface area contributed by atoms with Gasteiger partial charge in [0.15, 0.2) is 11.6 Å². The third-order valence-corrected chi connectivity index (χ3v) is 4.71. The van der Waals surface area contributed by atoms with E-state index in [9.17, 15) is 4.79 Å². The quantitative estimate of drug-likeness (QED) is 0.790. The first-order chi connectivity index (χ1) is 10.8. The minimum Gasteiger partial charge on any atom is -0.343 e. The van der Waals surface area contributed by atoms with Gasteiger partial charge in [-0.2, -0.15) is 0 Å². The largest absolute Gasteiger partial charge is 0.343 e. The molecule has 0 saturated carbocycles. The van der Waals surface area contributed by atoms with E-state index < -0.39 is 6.29 Å². The molecule has 114 valence electrons. The maximum absolute atomic E-state index is 12.0. The predicted octanol–water partition coefficient (Wildman–Crippen LogP) is 1.32. The third kappa shape index (κ3) is 2.23. The van der Waals surface area contributed by atoms with E-state index in [2.05, 4.69) is 15.5 Å². The Morgan fingerprint density at radius 3 is 2.91 bits per heavy atom. The van der Waals surface area contributed by atoms with E-state index in [1.54, 1.807) is 16.4 Å². The molecule has 8 heteroatoms. The average molecular weight is 318 g/mol. The number of fused-ring (bicyclic) bond motifs is 2. The summed E-state index contributed by atoms with van der Waals surface area (Å²) in [4.78, 5) is 13.1. The van der Waals surface area contributed by atoms with Gasteiger partial charge in [0.2, 0.25) is 6.29 Å². The summed E-state index contributed by atoms with van der Waals surface area (Å²) in [6.45, 7) is 0.395. The van der Waals surface area contributed by atoms with Crippen LogP contribution in [0.5, 0.6) is 0 Å². The van der Waals surface area contributed by atoms with Gasteiger partial charge in [-0.3, -0.25) is 4.79 Å². The molecule has 0 amide bonds. The summed E-state index contributed by atoms with van der Waals surface area (Å²) < 4.78 is 12.6. The topological polar surface area (TPSA) is 79.1 Å². The van der Waals surface area contributed by atoms with Crippen LogP contribution in [0, 0.1) is 0 Å². The van der Waals surface area contributed by atoms with Crippen molar-refractivity contribution in [1.82, 2.24) is 20.2 Å². The van der Waals surface area contributed by atoms with Gasteiger partial charge in [-0.1, -0.05) is 12.1 Å². The van der Waals surface area contributed by atoms with Gasteiger partial charge in [-0.05, 0) is 28.8 Å². The second-order valence-electron chi connectivity index (χ2n) is 5.25. The van der Waals surface area contributed by atoms with Crippen molar-refractivity contribution in [3.8, 4) is 11.4 Å². The first kappa shape index (κ1) is 13.9. The average Bonchev–Trinajstić information content (AvgIpc) is 3.20. The maximum atomic E-state index is 12.0. The fourth-order valence-electron chi connectivity index (χ4n) is 2.82. The van der Waals surface area contributed by atoms with E-state index in [1.807, 2.05) is 30.5 Å². The fraction of sp³-hybridized carbons (Fsp3) is 0.429. The lowest BCUT2D eigenvalue weighted by Crippen LogP contribution is -2.37. The Morgan fingerprint density at radius 1 is 1.32 bits per heavy atom. The van der Waals surface area contributed by atoms with E-state index in [1.165, 1.54) is 4.90 Å². The van der Waals surface area contributed by atoms with Gasteiger partial charge in [-0.25, -0.2) is 4.68 Å². The van der Waals surface area contributed by atoms with Crippen LogP contribution in [0.3, 0.4) is 0 Å². The Balaban J connectivity index is 1.68. The summed E-state index contributed by atoms with van der Waals surface area (Å²) in [7, 11) is 0. The highest BCUT2D eigenvalue weighted by atomic mass is 32.2. The van der Waals surface area contributed by atoms with Crippen LogP contribution in [0.15, 0.2) is 29.2 Å². The van der Waals surface area contributed by atoms with Crippen LogP contribution in [0.25, 0.3) is 11.4 Å². The monoisotopic (exact) mass is 318 g/mol. The number of carbonyl (C=O) groups excluding carboxylic acids is 1. The predicted molar refractivity (Wildman–Crippen MR) is 78.3 cm³/mol. The Hall–Kier alpha value is -1.77. The first-order valence-electron chi connectivity index (χ1n) is 6.98. The molecule has 7 nitrogen and oxygen atoms in total. The lowest BCUT2D eigenvalue weighted by Gasteiger charge is -2.26. The van der Waals surface area contributed by atoms with E-state index >= 15 is 0 Å². The number of hydrogen-bond donors (Lipinski definition) is 0. The molecule has 4 rings (SSSR count). The van der Waals surface area contributed by atoms with E-state index in [-0.39, 0.29) is 17.9 Å². The lowest BCUT2D eigenvalue weighted by molar-refractivity contribution is -0.156. The number of carbonyl (C=O) groups is 1. The van der Waals surface area contributed by atoms with Crippen molar-refractivity contribution < 1.29 is 14.3 Å². The Bertz CT molecular complexity index is 702. The molecule has 2 aliphatic rings. The van der Waals surface area contributed by atoms with Gasteiger partial charge in [0.1, 0.15) is 6.10 Å². The minimum atomic E-state index is -0.706. The molecule has 2 aliphatic heterocycles. The zero-order valence-corrected chi connectivity index (χ0v) is 12.7. The van der Waals surface area contributed by atoms with Crippen molar-refractivity contribution in [3.63, 3.8) is 0 Å². The second kappa shape index (κ2) is 5.45. The molecular formula is C14H14N4O3S. The molecule has 2 saturated heterocycles. The van der Waals surface area contributed by atoms with Crippen molar-refractivity contribution >= 4 is 17.5 Å². The highest BCUT2D eigenvalue weighted by Gasteiger charge is 2.45. The molecule has 0 spiro atoms. The number of aromatic nitrogens is 4. The van der Waals surface area contributed by atoms with E-state index in [4.69, 9.17) is 9.47 Å². The Morgan fingerprint density at radius 2 is 2.14 bits per heavy atom. The SMILES string of the molecule is CSc1ccc(-c2nnnn2[C@@H]2CC(=O)[C@H]3OC[C@H]2O3)cc1. The van der Waals surface area contributed by atoms with Gasteiger partial charge >= 0.3 is 0 Å². The maximum Gasteiger partial charge on any atom is 0.218 e. The second-order valence-corrected chi connectivity index (χ2v) is 6.13. The summed E-state index contributed by atoms with van der Waals surface area (Å²) in [5.74, 6) is 0.581. The molecule has 3 heterocycles. The lowest BCUT2D eigenvalue weighted by atomic mass is 10.0. The zero-order valence-electron chi connectivity index (χ0n) is 11.9. The van der Waals surface area contributed by atoms with Crippen LogP contribution < -0.4 is 0 Å². The molecule has 0 unspecified atom stereocenters. The Kier molecular flexibility index (Phi) is 3.44. The highest BCUT2D eigenvalue weighted by molar-refractivity contribution is 7.98. The summed E-state index contributed by atoms with van der Waals surface area (Å²) in [5.41, 5.74) is 0.913. The first-order valence-corrected chi connectivity index (χ1v) is 8.21. The van der Waals surface area contributed by atoms with Gasteiger partial charge in [0, 0.05) is 16.9 Å². The van der Waals surface area contributed by atoms with Crippen LogP contribution in [0.2, 0.25) is 0 Å². The number of ketones is 1. The highest BCUT2D eigenvalue weighted by Crippen LogP contribution is 2.34. The molecule has 1 aromatic carbocycles. The summed E-state index contributed by atoms with van der Waals surface area (Å²) in [6, 6.07) is 7.78. The number of nitrogens with zero attached hydrogens (tertiary/aromatic N) is 4. The van der Waals surface area contributed by atoms with E-state index in [0.29, 0.717) is 18.9 Å². The number of ether oxygens (including phenoxy) is 2. The molecule has 2 bridgehead atoms. The van der Waals surface area contributed by atoms with Gasteiger partial charge in [-0.15, -0.1) is 16.9 Å². The van der Waals surface area contributed by atoms with Crippen molar-refractivity contribution in [1.29, 1.82) is 0 Å². The summed E-state index contributed by atoms with van der Waals surface area (Å²) in [6.07, 6.45) is 1.47. The standard InChI is InChI=1S/C14H14N4O3S/c1-22-9-4-2-8(3-5-9)13-15-16-17-18(13)10-6-11(19)14-20-7-12(10)21-14/h2-5,10,12,14H,6-7H2,1H3/t10-,12-,14+/m1/s1. The number of benzene rings is 1. The molecule has 0 N–H and O–H groups in total. The van der Waals surface area contributed by atoms with Crippen LogP contribution in [-0.2, 0) is 14.3 Å². The van der Waals surface area contributed by atoms with E-state index in [0.717, 1.165) is 5.56 Å². The van der Waals surface area contributed by atoms with Gasteiger partial charge in [0.05, 0.1) is 12.6 Å². The molecule has 0 radical (unpaired) electrons. The van der Waals surface area contributed by atoms with Crippen LogP contribution >= 0.6 is 11.8 Å². The molecule has 1 aromatic heterocycles. The minimum absolute atomic E-state index is 0.0575. The molecule has 2 fully saturated rings. The smallest absolute Gasteiger partial charge is 0.218 e. The number of hydrogen-bond acceptors (Lipinski definition) is 7. The molecular weight excluding hydrogens is 304 g/mol. The van der Waals surface area contributed by atoms with Crippen molar-refractivity contribution in [2.75, 3.05) is 12.9 Å². The summed E-state index contributed by atoms with van der Waals surface area (Å²) in [5, 5.41) is 12.0. The summed E-state index contributed by atoms with van der Waals surface area (Å²) >= 11 is 1.68. The molecule has 2 aromatic rings. The number of rotatable bonds is 3. The van der Waals surface area contributed by atoms with Crippen LogP contribution in [0.4, 0.5) is 0 Å². The third-order valence-electron chi connectivity index (χ3n) is 3.97. The normalized spacial score (nSPS) is 27.3. The van der Waals surface area contributed by atoms with Crippen molar-refractivity contribution in [3.05, 3.63) is 24.3 Å². The van der Waals surface area contributed by atoms with Crippen LogP contribution in [0.1, 0.15) is 12.5 Å². The van der Waals surface area contributed by atoms with Crippen molar-refractivity contribution in [2.24, 2.45) is 0 Å². The van der Waals surface area contributed by atoms with Gasteiger partial charge in [0.25, 0.3) is 0 Å². The number of thioether (sulfide) groups is 1. The number of tetrazole rings is 1. The molecule has 3 atom stereocenters.